The second kappa shape index (κ2) is 6.36. The lowest BCUT2D eigenvalue weighted by Gasteiger charge is -2.08. The average Bonchev–Trinajstić information content (AvgIpc) is 2.38. The number of hydrogen-bond acceptors (Lipinski definition) is 3. The number of ether oxygens (including phenoxy) is 1. The molecule has 0 spiro atoms. The Bertz CT molecular complexity index is 499. The van der Waals surface area contributed by atoms with Crippen molar-refractivity contribution in [3.8, 4) is 5.75 Å². The van der Waals surface area contributed by atoms with Crippen LogP contribution in [0.5, 0.6) is 5.75 Å². The molecule has 0 aliphatic heterocycles. The Morgan fingerprint density at radius 1 is 1.11 bits per heavy atom. The zero-order valence-electron chi connectivity index (χ0n) is 10.4. The fourth-order valence-electron chi connectivity index (χ4n) is 1.66. The molecule has 0 unspecified atom stereocenters. The van der Waals surface area contributed by atoms with Crippen LogP contribution in [0.3, 0.4) is 0 Å². The van der Waals surface area contributed by atoms with Gasteiger partial charge in [0.1, 0.15) is 5.75 Å². The molecule has 0 aliphatic carbocycles. The van der Waals surface area contributed by atoms with Crippen molar-refractivity contribution in [3.05, 3.63) is 54.1 Å². The third kappa shape index (κ3) is 3.70. The van der Waals surface area contributed by atoms with Gasteiger partial charge in [0.05, 0.1) is 6.61 Å². The van der Waals surface area contributed by atoms with E-state index in [1.165, 1.54) is 10.5 Å². The molecule has 18 heavy (non-hydrogen) atoms. The van der Waals surface area contributed by atoms with E-state index in [-0.39, 0.29) is 0 Å². The molecule has 0 aromatic heterocycles. The van der Waals surface area contributed by atoms with E-state index in [2.05, 4.69) is 13.0 Å². The summed E-state index contributed by atoms with van der Waals surface area (Å²) in [6.07, 6.45) is 0. The van der Waals surface area contributed by atoms with Crippen molar-refractivity contribution in [1.29, 1.82) is 0 Å². The maximum absolute atomic E-state index is 5.72. The normalized spacial score (nSPS) is 10.3. The van der Waals surface area contributed by atoms with Crippen LogP contribution < -0.4 is 10.5 Å². The van der Waals surface area contributed by atoms with Gasteiger partial charge in [0.15, 0.2) is 0 Å². The molecule has 2 nitrogen and oxygen atoms in total. The predicted octanol–water partition coefficient (Wildman–Crippen LogP) is 3.75. The summed E-state index contributed by atoms with van der Waals surface area (Å²) in [5.74, 6) is 1.85. The first-order valence-corrected chi connectivity index (χ1v) is 6.91. The van der Waals surface area contributed by atoms with Crippen LogP contribution in [0.2, 0.25) is 0 Å². The number of benzene rings is 2. The number of thioether (sulfide) groups is 1. The molecule has 2 N–H and O–H groups in total. The van der Waals surface area contributed by atoms with Gasteiger partial charge >= 0.3 is 0 Å². The highest BCUT2D eigenvalue weighted by atomic mass is 32.2. The molecule has 94 valence electrons. The molecular formula is C15H17NOS. The molecule has 2 aromatic rings. The van der Waals surface area contributed by atoms with Gasteiger partial charge in [-0.2, -0.15) is 0 Å². The van der Waals surface area contributed by atoms with Crippen LogP contribution in [-0.2, 0) is 0 Å². The van der Waals surface area contributed by atoms with Gasteiger partial charge in [-0.05, 0) is 42.8 Å². The number of para-hydroxylation sites is 1. The van der Waals surface area contributed by atoms with Crippen LogP contribution in [0.4, 0.5) is 5.69 Å². The number of nitrogens with two attached hydrogens (primary N) is 1. The molecular weight excluding hydrogens is 242 g/mol. The molecule has 0 radical (unpaired) electrons. The molecule has 0 bridgehead atoms. The van der Waals surface area contributed by atoms with Crippen LogP contribution in [-0.4, -0.2) is 12.4 Å². The SMILES string of the molecule is Cc1cc(N)ccc1SCCOc1ccccc1. The van der Waals surface area contributed by atoms with E-state index in [4.69, 9.17) is 10.5 Å². The highest BCUT2D eigenvalue weighted by Gasteiger charge is 2.00. The minimum absolute atomic E-state index is 0.707. The molecule has 2 aromatic carbocycles. The molecule has 0 fully saturated rings. The summed E-state index contributed by atoms with van der Waals surface area (Å²) in [6, 6.07) is 15.9. The number of anilines is 1. The Balaban J connectivity index is 1.79. The first kappa shape index (κ1) is 12.8. The second-order valence-electron chi connectivity index (χ2n) is 4.03. The van der Waals surface area contributed by atoms with E-state index in [9.17, 15) is 0 Å². The fourth-order valence-corrected chi connectivity index (χ4v) is 2.50. The summed E-state index contributed by atoms with van der Waals surface area (Å²) in [7, 11) is 0. The van der Waals surface area contributed by atoms with E-state index in [1.807, 2.05) is 42.5 Å². The second-order valence-corrected chi connectivity index (χ2v) is 5.17. The van der Waals surface area contributed by atoms with Crippen molar-refractivity contribution in [2.24, 2.45) is 0 Å². The van der Waals surface area contributed by atoms with E-state index in [0.29, 0.717) is 6.61 Å². The minimum Gasteiger partial charge on any atom is -0.493 e. The van der Waals surface area contributed by atoms with Crippen LogP contribution in [0.25, 0.3) is 0 Å². The number of aryl methyl sites for hydroxylation is 1. The average molecular weight is 259 g/mol. The van der Waals surface area contributed by atoms with Crippen LogP contribution in [0.1, 0.15) is 5.56 Å². The largest absolute Gasteiger partial charge is 0.493 e. The molecule has 0 heterocycles. The van der Waals surface area contributed by atoms with Crippen molar-refractivity contribution >= 4 is 17.4 Å². The lowest BCUT2D eigenvalue weighted by atomic mass is 10.2. The number of rotatable bonds is 5. The Morgan fingerprint density at radius 2 is 1.89 bits per heavy atom. The quantitative estimate of drug-likeness (QED) is 0.504. The van der Waals surface area contributed by atoms with Gasteiger partial charge < -0.3 is 10.5 Å². The molecule has 0 saturated carbocycles. The first-order chi connectivity index (χ1) is 8.75. The van der Waals surface area contributed by atoms with Crippen molar-refractivity contribution in [3.63, 3.8) is 0 Å². The van der Waals surface area contributed by atoms with Gasteiger partial charge in [-0.1, -0.05) is 18.2 Å². The summed E-state index contributed by atoms with van der Waals surface area (Å²) < 4.78 is 5.65. The fraction of sp³-hybridized carbons (Fsp3) is 0.200. The van der Waals surface area contributed by atoms with Crippen molar-refractivity contribution in [2.75, 3.05) is 18.1 Å². The number of hydrogen-bond donors (Lipinski definition) is 1. The van der Waals surface area contributed by atoms with E-state index in [0.717, 1.165) is 17.2 Å². The summed E-state index contributed by atoms with van der Waals surface area (Å²) in [5.41, 5.74) is 7.76. The highest BCUT2D eigenvalue weighted by molar-refractivity contribution is 7.99. The summed E-state index contributed by atoms with van der Waals surface area (Å²) in [4.78, 5) is 1.26. The lowest BCUT2D eigenvalue weighted by molar-refractivity contribution is 0.344. The molecule has 3 heteroatoms. The predicted molar refractivity (Wildman–Crippen MR) is 78.3 cm³/mol. The molecule has 0 saturated heterocycles. The minimum atomic E-state index is 0.707. The van der Waals surface area contributed by atoms with Gasteiger partial charge in [-0.25, -0.2) is 0 Å². The van der Waals surface area contributed by atoms with Gasteiger partial charge in [0, 0.05) is 16.3 Å². The number of nitrogen functional groups attached to an aromatic ring is 1. The monoisotopic (exact) mass is 259 g/mol. The molecule has 2 rings (SSSR count). The Hall–Kier alpha value is -1.61. The zero-order chi connectivity index (χ0) is 12.8. The maximum atomic E-state index is 5.72. The smallest absolute Gasteiger partial charge is 0.119 e. The van der Waals surface area contributed by atoms with Crippen molar-refractivity contribution in [1.82, 2.24) is 0 Å². The third-order valence-corrected chi connectivity index (χ3v) is 3.69. The highest BCUT2D eigenvalue weighted by Crippen LogP contribution is 2.24. The van der Waals surface area contributed by atoms with E-state index in [1.54, 1.807) is 11.8 Å². The lowest BCUT2D eigenvalue weighted by Crippen LogP contribution is -2.00. The summed E-state index contributed by atoms with van der Waals surface area (Å²) >= 11 is 1.79. The maximum Gasteiger partial charge on any atom is 0.119 e. The summed E-state index contributed by atoms with van der Waals surface area (Å²) in [5, 5.41) is 0. The van der Waals surface area contributed by atoms with Crippen molar-refractivity contribution < 1.29 is 4.74 Å². The van der Waals surface area contributed by atoms with Crippen LogP contribution >= 0.6 is 11.8 Å². The third-order valence-electron chi connectivity index (χ3n) is 2.55. The first-order valence-electron chi connectivity index (χ1n) is 5.92. The topological polar surface area (TPSA) is 35.2 Å². The van der Waals surface area contributed by atoms with Gasteiger partial charge in [-0.3, -0.25) is 0 Å². The Labute approximate surface area is 112 Å². The Morgan fingerprint density at radius 3 is 2.61 bits per heavy atom. The Kier molecular flexibility index (Phi) is 4.53. The van der Waals surface area contributed by atoms with Gasteiger partial charge in [0.25, 0.3) is 0 Å². The van der Waals surface area contributed by atoms with Gasteiger partial charge in [0.2, 0.25) is 0 Å². The summed E-state index contributed by atoms with van der Waals surface area (Å²) in [6.45, 7) is 2.79. The zero-order valence-corrected chi connectivity index (χ0v) is 11.2. The molecule has 0 atom stereocenters. The van der Waals surface area contributed by atoms with E-state index < -0.39 is 0 Å². The van der Waals surface area contributed by atoms with E-state index >= 15 is 0 Å². The van der Waals surface area contributed by atoms with Crippen LogP contribution in [0.15, 0.2) is 53.4 Å². The molecule has 0 aliphatic rings. The van der Waals surface area contributed by atoms with Crippen molar-refractivity contribution in [2.45, 2.75) is 11.8 Å². The standard InChI is InChI=1S/C15H17NOS/c1-12-11-13(16)7-8-15(12)18-10-9-17-14-5-3-2-4-6-14/h2-8,11H,9-10,16H2,1H3. The molecule has 0 amide bonds. The van der Waals surface area contributed by atoms with Gasteiger partial charge in [-0.15, -0.1) is 11.8 Å². The van der Waals surface area contributed by atoms with Crippen LogP contribution in [0, 0.1) is 6.92 Å².